The van der Waals surface area contributed by atoms with E-state index in [-0.39, 0.29) is 5.56 Å². The van der Waals surface area contributed by atoms with Crippen LogP contribution in [-0.2, 0) is 6.54 Å². The minimum atomic E-state index is -0.0316. The van der Waals surface area contributed by atoms with Crippen LogP contribution in [0.5, 0.6) is 0 Å². The number of rotatable bonds is 5. The summed E-state index contributed by atoms with van der Waals surface area (Å²) in [6.07, 6.45) is 2.76. The molecule has 102 valence electrons. The highest BCUT2D eigenvalue weighted by molar-refractivity contribution is 5.39. The highest BCUT2D eigenvalue weighted by Crippen LogP contribution is 2.04. The highest BCUT2D eigenvalue weighted by Gasteiger charge is 2.05. The summed E-state index contributed by atoms with van der Waals surface area (Å²) in [5.74, 6) is 0. The van der Waals surface area contributed by atoms with Crippen molar-refractivity contribution < 1.29 is 0 Å². The molecule has 2 aromatic heterocycles. The average molecular weight is 260 g/mol. The number of hydrogen-bond donors (Lipinski definition) is 1. The van der Waals surface area contributed by atoms with Gasteiger partial charge in [-0.1, -0.05) is 6.07 Å². The quantitative estimate of drug-likeness (QED) is 0.863. The molecule has 2 N–H and O–H groups in total. The van der Waals surface area contributed by atoms with E-state index in [2.05, 4.69) is 9.88 Å². The molecule has 0 aliphatic rings. The summed E-state index contributed by atoms with van der Waals surface area (Å²) in [4.78, 5) is 18.7. The Morgan fingerprint density at radius 1 is 1.42 bits per heavy atom. The fourth-order valence-corrected chi connectivity index (χ4v) is 2.06. The minimum Gasteiger partial charge on any atom is -0.330 e. The molecule has 0 aromatic carbocycles. The molecule has 0 fully saturated rings. The second kappa shape index (κ2) is 5.95. The molecule has 0 spiro atoms. The van der Waals surface area contributed by atoms with Gasteiger partial charge >= 0.3 is 0 Å². The smallest absolute Gasteiger partial charge is 0.258 e. The minimum absolute atomic E-state index is 0.0316. The van der Waals surface area contributed by atoms with Gasteiger partial charge in [0.1, 0.15) is 5.65 Å². The van der Waals surface area contributed by atoms with Crippen LogP contribution in [0.25, 0.3) is 5.65 Å². The van der Waals surface area contributed by atoms with Crippen molar-refractivity contribution in [2.24, 2.45) is 5.73 Å². The molecule has 0 saturated heterocycles. The van der Waals surface area contributed by atoms with Crippen LogP contribution in [0.3, 0.4) is 0 Å². The molecule has 0 radical (unpaired) electrons. The number of fused-ring (bicyclic) bond motifs is 1. The Balaban J connectivity index is 2.26. The summed E-state index contributed by atoms with van der Waals surface area (Å²) >= 11 is 0. The average Bonchev–Trinajstić information content (AvgIpc) is 2.37. The molecule has 0 unspecified atom stereocenters. The van der Waals surface area contributed by atoms with Crippen LogP contribution in [0.2, 0.25) is 0 Å². The van der Waals surface area contributed by atoms with Crippen molar-refractivity contribution >= 4 is 5.65 Å². The third-order valence-corrected chi connectivity index (χ3v) is 3.04. The summed E-state index contributed by atoms with van der Waals surface area (Å²) in [7, 11) is 2.01. The zero-order valence-corrected chi connectivity index (χ0v) is 11.5. The monoisotopic (exact) mass is 260 g/mol. The molecule has 2 rings (SSSR count). The van der Waals surface area contributed by atoms with Crippen LogP contribution >= 0.6 is 0 Å². The number of nitrogens with two attached hydrogens (primary N) is 1. The maximum atomic E-state index is 12.0. The lowest BCUT2D eigenvalue weighted by Gasteiger charge is -2.15. The lowest BCUT2D eigenvalue weighted by Crippen LogP contribution is -2.24. The summed E-state index contributed by atoms with van der Waals surface area (Å²) in [6.45, 7) is 4.21. The first kappa shape index (κ1) is 13.7. The molecule has 0 bridgehead atoms. The van der Waals surface area contributed by atoms with Gasteiger partial charge in [0.2, 0.25) is 0 Å². The first-order valence-electron chi connectivity index (χ1n) is 6.47. The molecule has 2 heterocycles. The molecule has 0 saturated carbocycles. The first-order chi connectivity index (χ1) is 9.10. The Morgan fingerprint density at radius 2 is 2.21 bits per heavy atom. The molecule has 2 aromatic rings. The number of nitrogens with zero attached hydrogens (tertiary/aromatic N) is 3. The summed E-state index contributed by atoms with van der Waals surface area (Å²) < 4.78 is 1.58. The lowest BCUT2D eigenvalue weighted by atomic mass is 10.3. The highest BCUT2D eigenvalue weighted by atomic mass is 16.1. The molecular weight excluding hydrogens is 240 g/mol. The first-order valence-corrected chi connectivity index (χ1v) is 6.47. The van der Waals surface area contributed by atoms with Gasteiger partial charge in [0.15, 0.2) is 0 Å². The van der Waals surface area contributed by atoms with Gasteiger partial charge in [0, 0.05) is 18.8 Å². The molecule has 5 heteroatoms. The molecule has 0 amide bonds. The van der Waals surface area contributed by atoms with Crippen LogP contribution in [0, 0.1) is 6.92 Å². The Kier molecular flexibility index (Phi) is 4.29. The normalized spacial score (nSPS) is 11.4. The standard InChI is InChI=1S/C14H20N4O/c1-11-4-5-13-16-12(8-14(19)18(13)9-11)10-17(2)7-3-6-15/h4-5,8-9H,3,6-7,10,15H2,1-2H3. The van der Waals surface area contributed by atoms with E-state index in [9.17, 15) is 4.79 Å². The van der Waals surface area contributed by atoms with Crippen molar-refractivity contribution in [2.75, 3.05) is 20.1 Å². The van der Waals surface area contributed by atoms with Crippen molar-refractivity contribution in [3.8, 4) is 0 Å². The van der Waals surface area contributed by atoms with Gasteiger partial charge in [-0.05, 0) is 45.1 Å². The molecule has 0 aliphatic carbocycles. The zero-order valence-electron chi connectivity index (χ0n) is 11.5. The van der Waals surface area contributed by atoms with Gasteiger partial charge in [-0.2, -0.15) is 0 Å². The molecule has 5 nitrogen and oxygen atoms in total. The van der Waals surface area contributed by atoms with Crippen molar-refractivity contribution in [1.29, 1.82) is 0 Å². The molecule has 0 atom stereocenters. The van der Waals surface area contributed by atoms with Gasteiger partial charge < -0.3 is 10.6 Å². The van der Waals surface area contributed by atoms with E-state index < -0.39 is 0 Å². The SMILES string of the molecule is Cc1ccc2nc(CN(C)CCCN)cc(=O)n2c1. The van der Waals surface area contributed by atoms with Crippen LogP contribution in [-0.4, -0.2) is 34.4 Å². The summed E-state index contributed by atoms with van der Waals surface area (Å²) in [6, 6.07) is 5.44. The Bertz CT molecular complexity index is 620. The van der Waals surface area contributed by atoms with Gasteiger partial charge in [0.25, 0.3) is 5.56 Å². The zero-order chi connectivity index (χ0) is 13.8. The van der Waals surface area contributed by atoms with E-state index >= 15 is 0 Å². The number of hydrogen-bond acceptors (Lipinski definition) is 4. The third-order valence-electron chi connectivity index (χ3n) is 3.04. The number of aromatic nitrogens is 2. The third kappa shape index (κ3) is 3.39. The van der Waals surface area contributed by atoms with Crippen molar-refractivity contribution in [3.63, 3.8) is 0 Å². The molecule has 0 aliphatic heterocycles. The maximum Gasteiger partial charge on any atom is 0.258 e. The van der Waals surface area contributed by atoms with E-state index in [1.165, 1.54) is 0 Å². The Labute approximate surface area is 112 Å². The topological polar surface area (TPSA) is 63.6 Å². The van der Waals surface area contributed by atoms with Gasteiger partial charge in [-0.15, -0.1) is 0 Å². The van der Waals surface area contributed by atoms with E-state index in [4.69, 9.17) is 5.73 Å². The largest absolute Gasteiger partial charge is 0.330 e. The predicted octanol–water partition coefficient (Wildman–Crippen LogP) is 0.784. The van der Waals surface area contributed by atoms with E-state index in [1.807, 2.05) is 32.3 Å². The molecular formula is C14H20N4O. The van der Waals surface area contributed by atoms with Crippen molar-refractivity contribution in [2.45, 2.75) is 19.9 Å². The fourth-order valence-electron chi connectivity index (χ4n) is 2.06. The van der Waals surface area contributed by atoms with Crippen LogP contribution in [0.1, 0.15) is 17.7 Å². The fraction of sp³-hybridized carbons (Fsp3) is 0.429. The van der Waals surface area contributed by atoms with Gasteiger partial charge in [0.05, 0.1) is 5.69 Å². The van der Waals surface area contributed by atoms with Gasteiger partial charge in [-0.25, -0.2) is 4.98 Å². The number of pyridine rings is 1. The second-order valence-electron chi connectivity index (χ2n) is 4.90. The van der Waals surface area contributed by atoms with Crippen molar-refractivity contribution in [3.05, 3.63) is 46.0 Å². The van der Waals surface area contributed by atoms with E-state index in [1.54, 1.807) is 10.5 Å². The maximum absolute atomic E-state index is 12.0. The van der Waals surface area contributed by atoms with Crippen LogP contribution < -0.4 is 11.3 Å². The van der Waals surface area contributed by atoms with E-state index in [0.717, 1.165) is 24.2 Å². The van der Waals surface area contributed by atoms with Crippen LogP contribution in [0.15, 0.2) is 29.2 Å². The Morgan fingerprint density at radius 3 is 2.95 bits per heavy atom. The lowest BCUT2D eigenvalue weighted by molar-refractivity contribution is 0.320. The Hall–Kier alpha value is -1.72. The predicted molar refractivity (Wildman–Crippen MR) is 76.2 cm³/mol. The van der Waals surface area contributed by atoms with Crippen molar-refractivity contribution in [1.82, 2.24) is 14.3 Å². The second-order valence-corrected chi connectivity index (χ2v) is 4.90. The van der Waals surface area contributed by atoms with Gasteiger partial charge in [-0.3, -0.25) is 9.20 Å². The van der Waals surface area contributed by atoms with E-state index in [0.29, 0.717) is 18.7 Å². The molecule has 19 heavy (non-hydrogen) atoms. The van der Waals surface area contributed by atoms with Crippen LogP contribution in [0.4, 0.5) is 0 Å². The summed E-state index contributed by atoms with van der Waals surface area (Å²) in [5.41, 5.74) is 8.00. The number of aryl methyl sites for hydroxylation is 1. The summed E-state index contributed by atoms with van der Waals surface area (Å²) in [5, 5.41) is 0.